The first-order chi connectivity index (χ1) is 11.5. The smallest absolute Gasteiger partial charge is 0.290 e. The molecule has 1 aromatic rings. The Morgan fingerprint density at radius 2 is 1.96 bits per heavy atom. The number of carbonyl (C=O) groups excluding carboxylic acids is 2. The Bertz CT molecular complexity index is 642. The van der Waals surface area contributed by atoms with Crippen molar-refractivity contribution in [1.82, 2.24) is 10.2 Å². The van der Waals surface area contributed by atoms with Crippen LogP contribution in [0.2, 0.25) is 5.02 Å². The Hall–Kier alpha value is -1.89. The van der Waals surface area contributed by atoms with Crippen molar-refractivity contribution in [1.29, 1.82) is 0 Å². The predicted molar refractivity (Wildman–Crippen MR) is 90.8 cm³/mol. The molecule has 1 heterocycles. The van der Waals surface area contributed by atoms with Crippen LogP contribution in [0.25, 0.3) is 0 Å². The molecule has 0 saturated heterocycles. The molecule has 0 bridgehead atoms. The summed E-state index contributed by atoms with van der Waals surface area (Å²) in [5.41, 5.74) is 0.843. The number of benzene rings is 1. The first-order valence-corrected chi connectivity index (χ1v) is 8.17. The molecule has 130 valence electrons. The van der Waals surface area contributed by atoms with Crippen LogP contribution >= 0.6 is 11.6 Å². The van der Waals surface area contributed by atoms with E-state index in [0.717, 1.165) is 5.56 Å². The summed E-state index contributed by atoms with van der Waals surface area (Å²) in [4.78, 5) is 25.8. The second-order valence-electron chi connectivity index (χ2n) is 5.60. The first-order valence-electron chi connectivity index (χ1n) is 7.79. The highest BCUT2D eigenvalue weighted by Gasteiger charge is 2.41. The molecular formula is C17H21ClN2O4. The van der Waals surface area contributed by atoms with Gasteiger partial charge in [0.1, 0.15) is 0 Å². The minimum atomic E-state index is -0.606. The number of Topliss-reactive ketones (excluding diaryl/α,β-unsaturated/α-hetero) is 1. The number of amides is 1. The zero-order chi connectivity index (χ0) is 17.7. The monoisotopic (exact) mass is 352 g/mol. The van der Waals surface area contributed by atoms with Crippen molar-refractivity contribution in [2.24, 2.45) is 0 Å². The molecule has 1 amide bonds. The zero-order valence-electron chi connectivity index (χ0n) is 13.5. The molecule has 1 aliphatic rings. The van der Waals surface area contributed by atoms with E-state index in [1.807, 2.05) is 0 Å². The molecule has 0 saturated carbocycles. The summed E-state index contributed by atoms with van der Waals surface area (Å²) in [5, 5.41) is 22.5. The van der Waals surface area contributed by atoms with Crippen LogP contribution in [-0.4, -0.2) is 53.0 Å². The first kappa shape index (κ1) is 18.4. The molecule has 0 fully saturated rings. The van der Waals surface area contributed by atoms with Crippen LogP contribution in [0.1, 0.15) is 24.9 Å². The van der Waals surface area contributed by atoms with E-state index in [1.54, 1.807) is 24.3 Å². The topological polar surface area (TPSA) is 89.9 Å². The van der Waals surface area contributed by atoms with Gasteiger partial charge in [0, 0.05) is 18.1 Å². The Balaban J connectivity index is 2.23. The van der Waals surface area contributed by atoms with Crippen molar-refractivity contribution >= 4 is 23.3 Å². The highest BCUT2D eigenvalue weighted by Crippen LogP contribution is 2.37. The maximum absolute atomic E-state index is 12.4. The summed E-state index contributed by atoms with van der Waals surface area (Å²) in [6.45, 7) is 2.87. The normalized spacial score (nSPS) is 17.7. The maximum atomic E-state index is 12.4. The molecule has 6 nitrogen and oxygen atoms in total. The van der Waals surface area contributed by atoms with Gasteiger partial charge in [-0.1, -0.05) is 23.7 Å². The van der Waals surface area contributed by atoms with E-state index in [0.29, 0.717) is 31.1 Å². The second kappa shape index (κ2) is 8.28. The fraction of sp³-hybridized carbons (Fsp3) is 0.412. The van der Waals surface area contributed by atoms with Crippen molar-refractivity contribution in [3.8, 4) is 0 Å². The van der Waals surface area contributed by atoms with Crippen LogP contribution in [0, 0.1) is 0 Å². The maximum Gasteiger partial charge on any atom is 0.290 e. The number of carbonyl (C=O) groups is 2. The number of hydrogen-bond acceptors (Lipinski definition) is 5. The van der Waals surface area contributed by atoms with Gasteiger partial charge in [-0.3, -0.25) is 9.59 Å². The van der Waals surface area contributed by atoms with Gasteiger partial charge in [0.25, 0.3) is 5.91 Å². The van der Waals surface area contributed by atoms with Gasteiger partial charge in [-0.05, 0) is 37.6 Å². The van der Waals surface area contributed by atoms with Crippen LogP contribution in [0.3, 0.4) is 0 Å². The molecule has 0 aliphatic carbocycles. The van der Waals surface area contributed by atoms with Gasteiger partial charge in [-0.2, -0.15) is 0 Å². The van der Waals surface area contributed by atoms with Crippen molar-refractivity contribution < 1.29 is 19.8 Å². The number of aliphatic hydroxyl groups is 2. The van der Waals surface area contributed by atoms with Gasteiger partial charge in [-0.25, -0.2) is 0 Å². The Kier molecular flexibility index (Phi) is 6.36. The van der Waals surface area contributed by atoms with E-state index < -0.39 is 17.7 Å². The third-order valence-electron chi connectivity index (χ3n) is 3.91. The average Bonchev–Trinajstić information content (AvgIpc) is 2.80. The molecule has 1 atom stereocenters. The van der Waals surface area contributed by atoms with E-state index in [2.05, 4.69) is 5.32 Å². The third-order valence-corrected chi connectivity index (χ3v) is 4.16. The fourth-order valence-electron chi connectivity index (χ4n) is 2.81. The number of nitrogens with one attached hydrogen (secondary N) is 1. The van der Waals surface area contributed by atoms with E-state index >= 15 is 0 Å². The number of rotatable bonds is 8. The van der Waals surface area contributed by atoms with Gasteiger partial charge >= 0.3 is 0 Å². The largest absolute Gasteiger partial charge is 0.503 e. The molecule has 2 rings (SSSR count). The van der Waals surface area contributed by atoms with E-state index in [-0.39, 0.29) is 18.0 Å². The summed E-state index contributed by atoms with van der Waals surface area (Å²) >= 11 is 5.91. The van der Waals surface area contributed by atoms with Crippen LogP contribution in [0.4, 0.5) is 0 Å². The molecule has 1 unspecified atom stereocenters. The zero-order valence-corrected chi connectivity index (χ0v) is 14.2. The SMILES string of the molecule is CC(=O)C1=C(O)C(=O)N(CCCNCCO)C1c1ccc(Cl)cc1. The van der Waals surface area contributed by atoms with E-state index in [1.165, 1.54) is 11.8 Å². The van der Waals surface area contributed by atoms with Crippen LogP contribution in [-0.2, 0) is 9.59 Å². The molecule has 24 heavy (non-hydrogen) atoms. The second-order valence-corrected chi connectivity index (χ2v) is 6.03. The summed E-state index contributed by atoms with van der Waals surface area (Å²) in [5.74, 6) is -1.35. The van der Waals surface area contributed by atoms with Gasteiger partial charge in [0.15, 0.2) is 11.5 Å². The number of hydrogen-bond donors (Lipinski definition) is 3. The van der Waals surface area contributed by atoms with Crippen molar-refractivity contribution in [3.05, 3.63) is 46.2 Å². The quantitative estimate of drug-likeness (QED) is 0.618. The average molecular weight is 353 g/mol. The number of halogens is 1. The van der Waals surface area contributed by atoms with Crippen molar-refractivity contribution in [3.63, 3.8) is 0 Å². The van der Waals surface area contributed by atoms with Gasteiger partial charge in [0.05, 0.1) is 18.2 Å². The number of aliphatic hydroxyl groups excluding tert-OH is 2. The van der Waals surface area contributed by atoms with Crippen molar-refractivity contribution in [2.45, 2.75) is 19.4 Å². The minimum absolute atomic E-state index is 0.0485. The minimum Gasteiger partial charge on any atom is -0.503 e. The Morgan fingerprint density at radius 1 is 1.29 bits per heavy atom. The Labute approximate surface area is 145 Å². The van der Waals surface area contributed by atoms with Gasteiger partial charge < -0.3 is 20.4 Å². The molecule has 7 heteroatoms. The molecule has 0 aromatic heterocycles. The summed E-state index contributed by atoms with van der Waals surface area (Å²) in [7, 11) is 0. The molecular weight excluding hydrogens is 332 g/mol. The molecule has 1 aliphatic heterocycles. The van der Waals surface area contributed by atoms with Crippen LogP contribution in [0.5, 0.6) is 0 Å². The lowest BCUT2D eigenvalue weighted by atomic mass is 9.97. The molecule has 3 N–H and O–H groups in total. The number of ketones is 1. The molecule has 0 radical (unpaired) electrons. The standard InChI is InChI=1S/C17H21ClN2O4/c1-11(22)14-15(12-3-5-13(18)6-4-12)20(17(24)16(14)23)9-2-7-19-8-10-21/h3-6,15,19,21,23H,2,7-10H2,1H3. The Morgan fingerprint density at radius 3 is 2.54 bits per heavy atom. The van der Waals surface area contributed by atoms with Crippen LogP contribution in [0.15, 0.2) is 35.6 Å². The summed E-state index contributed by atoms with van der Waals surface area (Å²) < 4.78 is 0. The lowest BCUT2D eigenvalue weighted by Crippen LogP contribution is -2.33. The lowest BCUT2D eigenvalue weighted by molar-refractivity contribution is -0.129. The van der Waals surface area contributed by atoms with E-state index in [4.69, 9.17) is 16.7 Å². The summed E-state index contributed by atoms with van der Waals surface area (Å²) in [6.07, 6.45) is 0.633. The van der Waals surface area contributed by atoms with Gasteiger partial charge in [0.2, 0.25) is 0 Å². The summed E-state index contributed by atoms with van der Waals surface area (Å²) in [6, 6.07) is 6.27. The van der Waals surface area contributed by atoms with Gasteiger partial charge in [-0.15, -0.1) is 0 Å². The predicted octanol–water partition coefficient (Wildman–Crippen LogP) is 1.60. The van der Waals surface area contributed by atoms with Crippen molar-refractivity contribution in [2.75, 3.05) is 26.2 Å². The highest BCUT2D eigenvalue weighted by atomic mass is 35.5. The lowest BCUT2D eigenvalue weighted by Gasteiger charge is -2.26. The van der Waals surface area contributed by atoms with E-state index in [9.17, 15) is 14.7 Å². The molecule has 0 spiro atoms. The third kappa shape index (κ3) is 3.95. The van der Waals surface area contributed by atoms with Crippen LogP contribution < -0.4 is 5.32 Å². The molecule has 1 aromatic carbocycles. The fourth-order valence-corrected chi connectivity index (χ4v) is 2.94. The highest BCUT2D eigenvalue weighted by molar-refractivity contribution is 6.30. The number of nitrogens with zero attached hydrogens (tertiary/aromatic N) is 1.